The van der Waals surface area contributed by atoms with E-state index >= 15 is 0 Å². The van der Waals surface area contributed by atoms with Gasteiger partial charge < -0.3 is 9.26 Å². The van der Waals surface area contributed by atoms with Crippen LogP contribution in [0.3, 0.4) is 0 Å². The average Bonchev–Trinajstić information content (AvgIpc) is 3.07. The van der Waals surface area contributed by atoms with E-state index in [2.05, 4.69) is 26.1 Å². The van der Waals surface area contributed by atoms with Gasteiger partial charge in [0, 0.05) is 22.2 Å². The van der Waals surface area contributed by atoms with Crippen molar-refractivity contribution in [3.63, 3.8) is 0 Å². The number of hydrogen-bond donors (Lipinski definition) is 0. The molecule has 3 rings (SSSR count). The first kappa shape index (κ1) is 16.1. The van der Waals surface area contributed by atoms with Gasteiger partial charge in [0.1, 0.15) is 5.75 Å². The fourth-order valence-electron chi connectivity index (χ4n) is 2.04. The van der Waals surface area contributed by atoms with Crippen molar-refractivity contribution in [1.82, 2.24) is 10.1 Å². The predicted octanol–water partition coefficient (Wildman–Crippen LogP) is 4.55. The smallest absolute Gasteiger partial charge is 0.270 e. The van der Waals surface area contributed by atoms with Gasteiger partial charge in [-0.2, -0.15) is 4.98 Å². The highest BCUT2D eigenvalue weighted by Crippen LogP contribution is 2.25. The molecule has 2 aromatic carbocycles. The van der Waals surface area contributed by atoms with E-state index in [1.807, 2.05) is 24.3 Å². The Labute approximate surface area is 145 Å². The maximum Gasteiger partial charge on any atom is 0.270 e. The zero-order valence-corrected chi connectivity index (χ0v) is 14.1. The summed E-state index contributed by atoms with van der Waals surface area (Å²) in [7, 11) is 0. The Morgan fingerprint density at radius 2 is 2.00 bits per heavy atom. The molecule has 0 amide bonds. The highest BCUT2D eigenvalue weighted by molar-refractivity contribution is 9.10. The van der Waals surface area contributed by atoms with Crippen LogP contribution < -0.4 is 4.74 Å². The van der Waals surface area contributed by atoms with Crippen LogP contribution in [-0.4, -0.2) is 15.1 Å². The minimum atomic E-state index is -0.468. The third-order valence-electron chi connectivity index (χ3n) is 3.23. The first-order chi connectivity index (χ1) is 11.5. The zero-order valence-electron chi connectivity index (χ0n) is 12.5. The number of benzene rings is 2. The van der Waals surface area contributed by atoms with Gasteiger partial charge in [-0.05, 0) is 31.2 Å². The van der Waals surface area contributed by atoms with Gasteiger partial charge in [-0.1, -0.05) is 33.2 Å². The fraction of sp³-hybridized carbons (Fsp3) is 0.125. The Morgan fingerprint density at radius 1 is 1.25 bits per heavy atom. The summed E-state index contributed by atoms with van der Waals surface area (Å²) in [6.45, 7) is 1.78. The second-order valence-electron chi connectivity index (χ2n) is 4.98. The molecule has 122 valence electrons. The van der Waals surface area contributed by atoms with E-state index in [4.69, 9.17) is 9.26 Å². The molecule has 7 nitrogen and oxygen atoms in total. The summed E-state index contributed by atoms with van der Waals surface area (Å²) >= 11 is 3.36. The topological polar surface area (TPSA) is 91.3 Å². The quantitative estimate of drug-likeness (QED) is 0.469. The molecule has 0 radical (unpaired) electrons. The lowest BCUT2D eigenvalue weighted by Crippen LogP contribution is -2.03. The van der Waals surface area contributed by atoms with Crippen molar-refractivity contribution in [2.45, 2.75) is 13.0 Å². The minimum absolute atomic E-state index is 0.0296. The van der Waals surface area contributed by atoms with E-state index in [1.165, 1.54) is 12.1 Å². The van der Waals surface area contributed by atoms with Gasteiger partial charge in [0.15, 0.2) is 6.10 Å². The number of nitrogens with zero attached hydrogens (tertiary/aromatic N) is 3. The molecule has 0 unspecified atom stereocenters. The van der Waals surface area contributed by atoms with Crippen molar-refractivity contribution in [3.05, 3.63) is 69.0 Å². The minimum Gasteiger partial charge on any atom is -0.481 e. The van der Waals surface area contributed by atoms with Crippen LogP contribution in [0.2, 0.25) is 0 Å². The number of nitro benzene ring substituents is 1. The summed E-state index contributed by atoms with van der Waals surface area (Å²) in [5.74, 6) is 1.24. The highest BCUT2D eigenvalue weighted by Gasteiger charge is 2.18. The third-order valence-corrected chi connectivity index (χ3v) is 3.76. The fourth-order valence-corrected chi connectivity index (χ4v) is 2.31. The molecule has 0 saturated carbocycles. The van der Waals surface area contributed by atoms with E-state index in [-0.39, 0.29) is 11.5 Å². The molecule has 0 aliphatic carbocycles. The van der Waals surface area contributed by atoms with E-state index in [0.29, 0.717) is 17.2 Å². The normalized spacial score (nSPS) is 11.9. The van der Waals surface area contributed by atoms with Gasteiger partial charge in [0.05, 0.1) is 4.92 Å². The molecular weight excluding hydrogens is 378 g/mol. The average molecular weight is 390 g/mol. The van der Waals surface area contributed by atoms with Crippen LogP contribution >= 0.6 is 15.9 Å². The standard InChI is InChI=1S/C16H12BrN3O4/c1-10(23-14-7-5-12(17)6-8-14)16-18-15(19-24-16)11-3-2-4-13(9-11)20(21)22/h2-10H,1H3/t10-/m1/s1. The molecule has 1 heterocycles. The molecule has 3 aromatic rings. The Bertz CT molecular complexity index is 864. The summed E-state index contributed by atoms with van der Waals surface area (Å²) < 4.78 is 11.9. The van der Waals surface area contributed by atoms with Gasteiger partial charge in [-0.15, -0.1) is 0 Å². The van der Waals surface area contributed by atoms with E-state index < -0.39 is 11.0 Å². The number of halogens is 1. The summed E-state index contributed by atoms with van der Waals surface area (Å²) in [4.78, 5) is 14.6. The lowest BCUT2D eigenvalue weighted by Gasteiger charge is -2.10. The van der Waals surface area contributed by atoms with Crippen LogP contribution in [0.1, 0.15) is 18.9 Å². The molecule has 0 aliphatic heterocycles. The van der Waals surface area contributed by atoms with Crippen molar-refractivity contribution in [2.75, 3.05) is 0 Å². The molecule has 1 atom stereocenters. The molecular formula is C16H12BrN3O4. The molecule has 0 N–H and O–H groups in total. The van der Waals surface area contributed by atoms with Gasteiger partial charge in [-0.25, -0.2) is 0 Å². The Kier molecular flexibility index (Phi) is 4.57. The SMILES string of the molecule is C[C@@H](Oc1ccc(Br)cc1)c1nc(-c2cccc([N+](=O)[O-])c2)no1. The maximum absolute atomic E-state index is 10.8. The lowest BCUT2D eigenvalue weighted by atomic mass is 10.2. The molecule has 0 saturated heterocycles. The molecule has 24 heavy (non-hydrogen) atoms. The number of hydrogen-bond acceptors (Lipinski definition) is 6. The van der Waals surface area contributed by atoms with Crippen LogP contribution in [0.5, 0.6) is 5.75 Å². The maximum atomic E-state index is 10.8. The van der Waals surface area contributed by atoms with Crippen molar-refractivity contribution in [3.8, 4) is 17.1 Å². The Hall–Kier alpha value is -2.74. The van der Waals surface area contributed by atoms with Crippen molar-refractivity contribution in [2.24, 2.45) is 0 Å². The predicted molar refractivity (Wildman–Crippen MR) is 89.6 cm³/mol. The van der Waals surface area contributed by atoms with Gasteiger partial charge in [-0.3, -0.25) is 10.1 Å². The Morgan fingerprint density at radius 3 is 2.71 bits per heavy atom. The largest absolute Gasteiger partial charge is 0.481 e. The highest BCUT2D eigenvalue weighted by atomic mass is 79.9. The Balaban J connectivity index is 1.78. The van der Waals surface area contributed by atoms with E-state index in [0.717, 1.165) is 4.47 Å². The van der Waals surface area contributed by atoms with Gasteiger partial charge >= 0.3 is 0 Å². The lowest BCUT2D eigenvalue weighted by molar-refractivity contribution is -0.384. The second-order valence-corrected chi connectivity index (χ2v) is 5.89. The summed E-state index contributed by atoms with van der Waals surface area (Å²) in [6.07, 6.45) is -0.453. The molecule has 0 spiro atoms. The van der Waals surface area contributed by atoms with Crippen LogP contribution in [0.25, 0.3) is 11.4 Å². The number of rotatable bonds is 5. The third kappa shape index (κ3) is 3.60. The second kappa shape index (κ2) is 6.79. The molecule has 1 aromatic heterocycles. The van der Waals surface area contributed by atoms with Crippen LogP contribution in [0, 0.1) is 10.1 Å². The van der Waals surface area contributed by atoms with Gasteiger partial charge in [0.2, 0.25) is 5.82 Å². The molecule has 0 fully saturated rings. The summed E-state index contributed by atoms with van der Waals surface area (Å²) in [6, 6.07) is 13.4. The first-order valence-electron chi connectivity index (χ1n) is 7.03. The van der Waals surface area contributed by atoms with Crippen LogP contribution in [0.4, 0.5) is 5.69 Å². The van der Waals surface area contributed by atoms with Crippen molar-refractivity contribution in [1.29, 1.82) is 0 Å². The number of aromatic nitrogens is 2. The number of non-ortho nitro benzene ring substituents is 1. The van der Waals surface area contributed by atoms with Gasteiger partial charge in [0.25, 0.3) is 11.6 Å². The molecule has 8 heteroatoms. The summed E-state index contributed by atoms with van der Waals surface area (Å²) in [5.41, 5.74) is 0.480. The van der Waals surface area contributed by atoms with Crippen molar-refractivity contribution >= 4 is 21.6 Å². The zero-order chi connectivity index (χ0) is 17.1. The molecule has 0 aliphatic rings. The number of ether oxygens (including phenoxy) is 1. The van der Waals surface area contributed by atoms with Crippen LogP contribution in [0.15, 0.2) is 57.5 Å². The van der Waals surface area contributed by atoms with Crippen molar-refractivity contribution < 1.29 is 14.2 Å². The number of nitro groups is 1. The van der Waals surface area contributed by atoms with E-state index in [1.54, 1.807) is 19.1 Å². The summed E-state index contributed by atoms with van der Waals surface area (Å²) in [5, 5.41) is 14.7. The van der Waals surface area contributed by atoms with Crippen LogP contribution in [-0.2, 0) is 0 Å². The first-order valence-corrected chi connectivity index (χ1v) is 7.83. The molecule has 0 bridgehead atoms. The van der Waals surface area contributed by atoms with E-state index in [9.17, 15) is 10.1 Å². The monoisotopic (exact) mass is 389 g/mol.